The van der Waals surface area contributed by atoms with E-state index in [0.29, 0.717) is 18.8 Å². The molecule has 2 heterocycles. The van der Waals surface area contributed by atoms with Crippen LogP contribution < -0.4 is 15.5 Å². The van der Waals surface area contributed by atoms with Crippen molar-refractivity contribution < 1.29 is 14.7 Å². The van der Waals surface area contributed by atoms with Gasteiger partial charge in [0.1, 0.15) is 0 Å². The van der Waals surface area contributed by atoms with Crippen LogP contribution in [0.4, 0.5) is 21.0 Å². The number of carbonyl (C=O) groups excluding carboxylic acids is 2. The average molecular weight is 360 g/mol. The van der Waals surface area contributed by atoms with Gasteiger partial charge in [0.2, 0.25) is 0 Å². The summed E-state index contributed by atoms with van der Waals surface area (Å²) in [5.41, 5.74) is 2.70. The molecule has 142 valence electrons. The molecule has 1 aromatic rings. The second-order valence-corrected chi connectivity index (χ2v) is 6.87. The number of aliphatic hydroxyl groups is 1. The summed E-state index contributed by atoms with van der Waals surface area (Å²) in [7, 11) is 0. The number of aliphatic hydroxyl groups excluding tert-OH is 1. The number of urea groups is 2. The van der Waals surface area contributed by atoms with Crippen LogP contribution >= 0.6 is 0 Å². The number of benzene rings is 1. The second kappa shape index (κ2) is 8.40. The number of likely N-dealkylation sites (tertiary alicyclic amines) is 1. The van der Waals surface area contributed by atoms with Crippen molar-refractivity contribution in [2.24, 2.45) is 0 Å². The van der Waals surface area contributed by atoms with E-state index in [-0.39, 0.29) is 24.7 Å². The van der Waals surface area contributed by atoms with E-state index >= 15 is 0 Å². The predicted octanol–water partition coefficient (Wildman–Crippen LogP) is 2.55. The number of anilines is 2. The summed E-state index contributed by atoms with van der Waals surface area (Å²) in [5, 5.41) is 14.8. The lowest BCUT2D eigenvalue weighted by molar-refractivity contribution is 0.197. The Bertz CT molecular complexity index is 664. The fourth-order valence-electron chi connectivity index (χ4n) is 3.84. The Balaban J connectivity index is 1.68. The Kier molecular flexibility index (Phi) is 5.98. The summed E-state index contributed by atoms with van der Waals surface area (Å²) in [6.07, 6.45) is 4.37. The van der Waals surface area contributed by atoms with Crippen LogP contribution in [0.1, 0.15) is 38.2 Å². The van der Waals surface area contributed by atoms with Gasteiger partial charge in [-0.15, -0.1) is 0 Å². The molecule has 1 saturated heterocycles. The van der Waals surface area contributed by atoms with Gasteiger partial charge in [-0.25, -0.2) is 9.59 Å². The maximum atomic E-state index is 12.7. The number of fused-ring (bicyclic) bond motifs is 1. The SMILES string of the molecule is CCNC(=O)N1CCc2ccc(NC(=O)N3CCC[C@H]3CCCO)cc21. The number of rotatable bonds is 5. The summed E-state index contributed by atoms with van der Waals surface area (Å²) in [6.45, 7) is 4.05. The van der Waals surface area contributed by atoms with Gasteiger partial charge in [-0.2, -0.15) is 0 Å². The van der Waals surface area contributed by atoms with Crippen molar-refractivity contribution in [2.45, 2.75) is 45.1 Å². The first-order valence-electron chi connectivity index (χ1n) is 9.50. The number of nitrogens with one attached hydrogen (secondary N) is 2. The first kappa shape index (κ1) is 18.5. The van der Waals surface area contributed by atoms with Gasteiger partial charge in [0.25, 0.3) is 0 Å². The molecular formula is C19H28N4O3. The zero-order valence-electron chi connectivity index (χ0n) is 15.3. The Morgan fingerprint density at radius 2 is 2.12 bits per heavy atom. The van der Waals surface area contributed by atoms with Crippen molar-refractivity contribution in [3.63, 3.8) is 0 Å². The van der Waals surface area contributed by atoms with Crippen LogP contribution in [0.2, 0.25) is 0 Å². The Hall–Kier alpha value is -2.28. The molecule has 7 heteroatoms. The topological polar surface area (TPSA) is 84.9 Å². The van der Waals surface area contributed by atoms with Crippen LogP contribution in [0, 0.1) is 0 Å². The lowest BCUT2D eigenvalue weighted by atomic mass is 10.1. The smallest absolute Gasteiger partial charge is 0.322 e. The molecule has 0 saturated carbocycles. The summed E-state index contributed by atoms with van der Waals surface area (Å²) < 4.78 is 0. The van der Waals surface area contributed by atoms with Crippen LogP contribution in [-0.2, 0) is 6.42 Å². The summed E-state index contributed by atoms with van der Waals surface area (Å²) in [5.74, 6) is 0. The summed E-state index contributed by atoms with van der Waals surface area (Å²) >= 11 is 0. The molecular weight excluding hydrogens is 332 g/mol. The molecule has 0 bridgehead atoms. The molecule has 0 spiro atoms. The number of hydrogen-bond acceptors (Lipinski definition) is 3. The quantitative estimate of drug-likeness (QED) is 0.754. The first-order valence-corrected chi connectivity index (χ1v) is 9.50. The highest BCUT2D eigenvalue weighted by Gasteiger charge is 2.29. The van der Waals surface area contributed by atoms with Crippen molar-refractivity contribution in [1.29, 1.82) is 0 Å². The molecule has 3 N–H and O–H groups in total. The van der Waals surface area contributed by atoms with Crippen LogP contribution in [0.25, 0.3) is 0 Å². The van der Waals surface area contributed by atoms with E-state index in [1.807, 2.05) is 30.0 Å². The van der Waals surface area contributed by atoms with E-state index in [0.717, 1.165) is 49.9 Å². The number of hydrogen-bond donors (Lipinski definition) is 3. The third-order valence-electron chi connectivity index (χ3n) is 5.14. The fraction of sp³-hybridized carbons (Fsp3) is 0.579. The molecule has 3 rings (SSSR count). The van der Waals surface area contributed by atoms with Crippen LogP contribution in [-0.4, -0.2) is 54.4 Å². The molecule has 2 aliphatic rings. The van der Waals surface area contributed by atoms with Crippen molar-refractivity contribution >= 4 is 23.4 Å². The molecule has 0 radical (unpaired) electrons. The number of nitrogens with zero attached hydrogens (tertiary/aromatic N) is 2. The monoisotopic (exact) mass is 360 g/mol. The Morgan fingerprint density at radius 3 is 2.88 bits per heavy atom. The largest absolute Gasteiger partial charge is 0.396 e. The highest BCUT2D eigenvalue weighted by Crippen LogP contribution is 2.31. The van der Waals surface area contributed by atoms with Crippen molar-refractivity contribution in [1.82, 2.24) is 10.2 Å². The third-order valence-corrected chi connectivity index (χ3v) is 5.14. The van der Waals surface area contributed by atoms with Gasteiger partial charge in [-0.05, 0) is 56.7 Å². The molecule has 0 unspecified atom stereocenters. The fourth-order valence-corrected chi connectivity index (χ4v) is 3.84. The average Bonchev–Trinajstić information content (AvgIpc) is 3.26. The lowest BCUT2D eigenvalue weighted by Gasteiger charge is -2.25. The molecule has 1 fully saturated rings. The molecule has 4 amide bonds. The van der Waals surface area contributed by atoms with Crippen LogP contribution in [0.15, 0.2) is 18.2 Å². The van der Waals surface area contributed by atoms with E-state index in [2.05, 4.69) is 10.6 Å². The van der Waals surface area contributed by atoms with Gasteiger partial charge >= 0.3 is 12.1 Å². The van der Waals surface area contributed by atoms with Crippen molar-refractivity contribution in [2.75, 3.05) is 36.5 Å². The van der Waals surface area contributed by atoms with E-state index in [9.17, 15) is 9.59 Å². The van der Waals surface area contributed by atoms with E-state index in [4.69, 9.17) is 5.11 Å². The predicted molar refractivity (Wildman–Crippen MR) is 102 cm³/mol. The van der Waals surface area contributed by atoms with E-state index < -0.39 is 0 Å². The van der Waals surface area contributed by atoms with Crippen LogP contribution in [0.3, 0.4) is 0 Å². The minimum atomic E-state index is -0.104. The van der Waals surface area contributed by atoms with Gasteiger partial charge in [-0.1, -0.05) is 6.07 Å². The maximum Gasteiger partial charge on any atom is 0.322 e. The zero-order chi connectivity index (χ0) is 18.5. The minimum absolute atomic E-state index is 0.0988. The molecule has 26 heavy (non-hydrogen) atoms. The third kappa shape index (κ3) is 3.93. The van der Waals surface area contributed by atoms with E-state index in [1.54, 1.807) is 4.90 Å². The highest BCUT2D eigenvalue weighted by molar-refractivity contribution is 5.96. The minimum Gasteiger partial charge on any atom is -0.396 e. The maximum absolute atomic E-state index is 12.7. The van der Waals surface area contributed by atoms with Crippen LogP contribution in [0.5, 0.6) is 0 Å². The Morgan fingerprint density at radius 1 is 1.27 bits per heavy atom. The Labute approximate surface area is 154 Å². The lowest BCUT2D eigenvalue weighted by Crippen LogP contribution is -2.39. The standard InChI is InChI=1S/C19H28N4O3/c1-2-20-18(25)23-11-9-14-7-8-15(13-17(14)23)21-19(26)22-10-3-5-16(22)6-4-12-24/h7-8,13,16,24H,2-6,9-12H2,1H3,(H,20,25)(H,21,26)/t16-/m0/s1. The molecule has 2 aliphatic heterocycles. The molecule has 1 aromatic carbocycles. The molecule has 1 atom stereocenters. The zero-order valence-corrected chi connectivity index (χ0v) is 15.3. The number of carbonyl (C=O) groups is 2. The molecule has 7 nitrogen and oxygen atoms in total. The first-order chi connectivity index (χ1) is 12.6. The highest BCUT2D eigenvalue weighted by atomic mass is 16.3. The van der Waals surface area contributed by atoms with Gasteiger partial charge < -0.3 is 20.6 Å². The van der Waals surface area contributed by atoms with E-state index in [1.165, 1.54) is 0 Å². The van der Waals surface area contributed by atoms with Gasteiger partial charge in [-0.3, -0.25) is 4.90 Å². The summed E-state index contributed by atoms with van der Waals surface area (Å²) in [4.78, 5) is 28.5. The normalized spacial score (nSPS) is 18.8. The van der Waals surface area contributed by atoms with Gasteiger partial charge in [0.05, 0.1) is 5.69 Å². The molecule has 0 aliphatic carbocycles. The van der Waals surface area contributed by atoms with Gasteiger partial charge in [0.15, 0.2) is 0 Å². The summed E-state index contributed by atoms with van der Waals surface area (Å²) in [6, 6.07) is 5.76. The van der Waals surface area contributed by atoms with Crippen molar-refractivity contribution in [3.8, 4) is 0 Å². The second-order valence-electron chi connectivity index (χ2n) is 6.87. The van der Waals surface area contributed by atoms with Crippen molar-refractivity contribution in [3.05, 3.63) is 23.8 Å². The van der Waals surface area contributed by atoms with Gasteiger partial charge in [0, 0.05) is 38.0 Å². The molecule has 0 aromatic heterocycles. The number of amides is 4.